The second kappa shape index (κ2) is 7.35. The molecule has 118 valence electrons. The molecule has 0 aliphatic carbocycles. The summed E-state index contributed by atoms with van der Waals surface area (Å²) in [4.78, 5) is 2.32. The van der Waals surface area contributed by atoms with Crippen LogP contribution in [0, 0.1) is 0 Å². The predicted octanol–water partition coefficient (Wildman–Crippen LogP) is 1.00. The molecule has 2 N–H and O–H groups in total. The first-order chi connectivity index (χ1) is 10.1. The summed E-state index contributed by atoms with van der Waals surface area (Å²) in [5.74, 6) is 0.0498. The SMILES string of the molecule is CCCN1CCN(S(=O)(=O)Cc2ccccc2CN)CC1. The van der Waals surface area contributed by atoms with Crippen molar-refractivity contribution in [2.45, 2.75) is 25.6 Å². The van der Waals surface area contributed by atoms with Crippen LogP contribution in [0.25, 0.3) is 0 Å². The van der Waals surface area contributed by atoms with Gasteiger partial charge in [-0.2, -0.15) is 4.31 Å². The van der Waals surface area contributed by atoms with Crippen LogP contribution >= 0.6 is 0 Å². The fourth-order valence-electron chi connectivity index (χ4n) is 2.73. The van der Waals surface area contributed by atoms with Crippen LogP contribution in [0.3, 0.4) is 0 Å². The fraction of sp³-hybridized carbons (Fsp3) is 0.600. The molecule has 1 aliphatic heterocycles. The molecule has 2 rings (SSSR count). The van der Waals surface area contributed by atoms with E-state index in [1.807, 2.05) is 24.3 Å². The molecule has 0 aromatic heterocycles. The van der Waals surface area contributed by atoms with Gasteiger partial charge in [-0.05, 0) is 24.1 Å². The number of nitrogens with zero attached hydrogens (tertiary/aromatic N) is 2. The Labute approximate surface area is 127 Å². The summed E-state index contributed by atoms with van der Waals surface area (Å²) in [5, 5.41) is 0. The van der Waals surface area contributed by atoms with E-state index in [1.54, 1.807) is 4.31 Å². The van der Waals surface area contributed by atoms with Crippen molar-refractivity contribution in [3.63, 3.8) is 0 Å². The largest absolute Gasteiger partial charge is 0.326 e. The highest BCUT2D eigenvalue weighted by Crippen LogP contribution is 2.16. The lowest BCUT2D eigenvalue weighted by atomic mass is 10.1. The molecule has 0 saturated carbocycles. The van der Waals surface area contributed by atoms with Gasteiger partial charge in [0.25, 0.3) is 0 Å². The molecule has 1 saturated heterocycles. The van der Waals surface area contributed by atoms with E-state index in [-0.39, 0.29) is 5.75 Å². The molecule has 21 heavy (non-hydrogen) atoms. The zero-order chi connectivity index (χ0) is 15.3. The Kier molecular flexibility index (Phi) is 5.75. The Morgan fingerprint density at radius 1 is 1.10 bits per heavy atom. The van der Waals surface area contributed by atoms with E-state index in [2.05, 4.69) is 11.8 Å². The number of nitrogens with two attached hydrogens (primary N) is 1. The summed E-state index contributed by atoms with van der Waals surface area (Å²) in [6, 6.07) is 7.50. The van der Waals surface area contributed by atoms with E-state index in [0.717, 1.165) is 37.2 Å². The van der Waals surface area contributed by atoms with E-state index < -0.39 is 10.0 Å². The topological polar surface area (TPSA) is 66.6 Å². The van der Waals surface area contributed by atoms with Gasteiger partial charge in [-0.1, -0.05) is 31.2 Å². The Balaban J connectivity index is 2.02. The molecule has 6 heteroatoms. The average Bonchev–Trinajstić information content (AvgIpc) is 2.48. The Hall–Kier alpha value is -0.950. The van der Waals surface area contributed by atoms with Crippen molar-refractivity contribution in [1.82, 2.24) is 9.21 Å². The molecule has 5 nitrogen and oxygen atoms in total. The Bertz CT molecular complexity index is 552. The first-order valence-electron chi connectivity index (χ1n) is 7.54. The molecule has 1 fully saturated rings. The molecule has 0 bridgehead atoms. The number of piperazine rings is 1. The smallest absolute Gasteiger partial charge is 0.218 e. The van der Waals surface area contributed by atoms with Crippen LogP contribution in [0.15, 0.2) is 24.3 Å². The van der Waals surface area contributed by atoms with E-state index in [9.17, 15) is 8.42 Å². The van der Waals surface area contributed by atoms with E-state index in [0.29, 0.717) is 19.6 Å². The highest BCUT2D eigenvalue weighted by molar-refractivity contribution is 7.88. The summed E-state index contributed by atoms with van der Waals surface area (Å²) < 4.78 is 26.7. The maximum absolute atomic E-state index is 12.6. The number of sulfonamides is 1. The third-order valence-electron chi connectivity index (χ3n) is 3.94. The van der Waals surface area contributed by atoms with Gasteiger partial charge in [-0.25, -0.2) is 8.42 Å². The summed E-state index contributed by atoms with van der Waals surface area (Å²) >= 11 is 0. The number of benzene rings is 1. The number of hydrogen-bond donors (Lipinski definition) is 1. The Morgan fingerprint density at radius 2 is 1.71 bits per heavy atom. The van der Waals surface area contributed by atoms with Gasteiger partial charge in [0.2, 0.25) is 10.0 Å². The first kappa shape index (κ1) is 16.4. The monoisotopic (exact) mass is 311 g/mol. The maximum Gasteiger partial charge on any atom is 0.218 e. The standard InChI is InChI=1S/C15H25N3O2S/c1-2-7-17-8-10-18(11-9-17)21(19,20)13-15-6-4-3-5-14(15)12-16/h3-6H,2,7-13,16H2,1H3. The zero-order valence-electron chi connectivity index (χ0n) is 12.7. The average molecular weight is 311 g/mol. The lowest BCUT2D eigenvalue weighted by Crippen LogP contribution is -2.49. The van der Waals surface area contributed by atoms with E-state index in [1.165, 1.54) is 0 Å². The van der Waals surface area contributed by atoms with Crippen LogP contribution in [-0.4, -0.2) is 50.3 Å². The van der Waals surface area contributed by atoms with Crippen molar-refractivity contribution in [2.75, 3.05) is 32.7 Å². The van der Waals surface area contributed by atoms with Crippen molar-refractivity contribution in [2.24, 2.45) is 5.73 Å². The second-order valence-corrected chi connectivity index (χ2v) is 7.44. The maximum atomic E-state index is 12.6. The van der Waals surface area contributed by atoms with Crippen LogP contribution in [0.2, 0.25) is 0 Å². The molecule has 0 unspecified atom stereocenters. The fourth-order valence-corrected chi connectivity index (χ4v) is 4.31. The van der Waals surface area contributed by atoms with Crippen molar-refractivity contribution in [1.29, 1.82) is 0 Å². The molecule has 0 atom stereocenters. The van der Waals surface area contributed by atoms with E-state index >= 15 is 0 Å². The Morgan fingerprint density at radius 3 is 2.29 bits per heavy atom. The van der Waals surface area contributed by atoms with Crippen LogP contribution in [0.1, 0.15) is 24.5 Å². The zero-order valence-corrected chi connectivity index (χ0v) is 13.5. The molecule has 0 radical (unpaired) electrons. The van der Waals surface area contributed by atoms with Crippen molar-refractivity contribution in [3.8, 4) is 0 Å². The van der Waals surface area contributed by atoms with E-state index in [4.69, 9.17) is 5.73 Å². The lowest BCUT2D eigenvalue weighted by molar-refractivity contribution is 0.188. The van der Waals surface area contributed by atoms with Gasteiger partial charge in [0.15, 0.2) is 0 Å². The summed E-state index contributed by atoms with van der Waals surface area (Å²) in [7, 11) is -3.26. The highest BCUT2D eigenvalue weighted by atomic mass is 32.2. The summed E-state index contributed by atoms with van der Waals surface area (Å²) in [6.45, 7) is 6.39. The third kappa shape index (κ3) is 4.26. The molecular weight excluding hydrogens is 286 g/mol. The summed E-state index contributed by atoms with van der Waals surface area (Å²) in [5.41, 5.74) is 7.41. The van der Waals surface area contributed by atoms with Gasteiger partial charge < -0.3 is 10.6 Å². The minimum atomic E-state index is -3.26. The number of rotatable bonds is 6. The third-order valence-corrected chi connectivity index (χ3v) is 5.77. The van der Waals surface area contributed by atoms with Gasteiger partial charge in [0, 0.05) is 32.7 Å². The molecule has 0 amide bonds. The first-order valence-corrected chi connectivity index (χ1v) is 9.14. The van der Waals surface area contributed by atoms with Gasteiger partial charge in [0.05, 0.1) is 5.75 Å². The highest BCUT2D eigenvalue weighted by Gasteiger charge is 2.27. The second-order valence-electron chi connectivity index (χ2n) is 5.47. The lowest BCUT2D eigenvalue weighted by Gasteiger charge is -2.33. The summed E-state index contributed by atoms with van der Waals surface area (Å²) in [6.07, 6.45) is 1.11. The van der Waals surface area contributed by atoms with Gasteiger partial charge in [0.1, 0.15) is 0 Å². The van der Waals surface area contributed by atoms with Gasteiger partial charge in [-0.3, -0.25) is 0 Å². The molecule has 1 aromatic carbocycles. The molecule has 1 aliphatic rings. The normalized spacial score (nSPS) is 18.0. The number of hydrogen-bond acceptors (Lipinski definition) is 4. The quantitative estimate of drug-likeness (QED) is 0.851. The molecule has 1 aromatic rings. The van der Waals surface area contributed by atoms with Gasteiger partial charge >= 0.3 is 0 Å². The van der Waals surface area contributed by atoms with Crippen molar-refractivity contribution in [3.05, 3.63) is 35.4 Å². The minimum absolute atomic E-state index is 0.0498. The van der Waals surface area contributed by atoms with Crippen LogP contribution in [-0.2, 0) is 22.3 Å². The predicted molar refractivity (Wildman–Crippen MR) is 85.3 cm³/mol. The minimum Gasteiger partial charge on any atom is -0.326 e. The molecule has 0 spiro atoms. The van der Waals surface area contributed by atoms with Gasteiger partial charge in [-0.15, -0.1) is 0 Å². The van der Waals surface area contributed by atoms with Crippen LogP contribution in [0.5, 0.6) is 0 Å². The molecule has 1 heterocycles. The van der Waals surface area contributed by atoms with Crippen molar-refractivity contribution < 1.29 is 8.42 Å². The van der Waals surface area contributed by atoms with Crippen molar-refractivity contribution >= 4 is 10.0 Å². The van der Waals surface area contributed by atoms with Crippen LogP contribution in [0.4, 0.5) is 0 Å². The molecular formula is C15H25N3O2S. The van der Waals surface area contributed by atoms with Crippen LogP contribution < -0.4 is 5.73 Å².